The molecule has 0 spiro atoms. The van der Waals surface area contributed by atoms with Crippen molar-refractivity contribution in [2.24, 2.45) is 5.73 Å². The molecule has 1 saturated heterocycles. The minimum atomic E-state index is -1.56. The van der Waals surface area contributed by atoms with Gasteiger partial charge in [-0.25, -0.2) is 9.59 Å². The van der Waals surface area contributed by atoms with E-state index in [1.54, 1.807) is 6.92 Å². The molecular formula is C10H16N2O6. The standard InChI is InChI=1S/C10H16N2O6/c1-2-18-10(17)7(11)8(14)12-4-5(13)3-6(12)9(15)16/h5-7,13H,2-4,11H2,1H3,(H,15,16)/t5-,6-,7?/m0/s1. The number of aliphatic hydroxyl groups excluding tert-OH is 1. The van der Waals surface area contributed by atoms with Crippen molar-refractivity contribution in [2.45, 2.75) is 31.5 Å². The lowest BCUT2D eigenvalue weighted by Gasteiger charge is -2.23. The lowest BCUT2D eigenvalue weighted by atomic mass is 10.2. The Kier molecular flexibility index (Phi) is 4.62. The molecule has 0 aliphatic carbocycles. The van der Waals surface area contributed by atoms with Gasteiger partial charge in [-0.05, 0) is 6.92 Å². The molecule has 1 aliphatic rings. The number of ether oxygens (including phenoxy) is 1. The van der Waals surface area contributed by atoms with Gasteiger partial charge in [-0.15, -0.1) is 0 Å². The van der Waals surface area contributed by atoms with Crippen LogP contribution in [0.25, 0.3) is 0 Å². The molecule has 0 bridgehead atoms. The molecule has 8 nitrogen and oxygen atoms in total. The van der Waals surface area contributed by atoms with Crippen LogP contribution in [0.1, 0.15) is 13.3 Å². The number of carbonyl (C=O) groups is 3. The Morgan fingerprint density at radius 3 is 2.61 bits per heavy atom. The zero-order chi connectivity index (χ0) is 13.9. The zero-order valence-electron chi connectivity index (χ0n) is 9.91. The lowest BCUT2D eigenvalue weighted by molar-refractivity contribution is -0.155. The summed E-state index contributed by atoms with van der Waals surface area (Å²) in [5, 5.41) is 18.3. The highest BCUT2D eigenvalue weighted by Gasteiger charge is 2.42. The topological polar surface area (TPSA) is 130 Å². The normalized spacial score (nSPS) is 24.7. The molecule has 0 saturated carbocycles. The molecule has 3 atom stereocenters. The fourth-order valence-electron chi connectivity index (χ4n) is 1.80. The van der Waals surface area contributed by atoms with E-state index in [9.17, 15) is 19.5 Å². The van der Waals surface area contributed by atoms with E-state index in [0.29, 0.717) is 0 Å². The van der Waals surface area contributed by atoms with Gasteiger partial charge in [-0.2, -0.15) is 0 Å². The molecule has 1 heterocycles. The van der Waals surface area contributed by atoms with E-state index in [0.717, 1.165) is 4.90 Å². The smallest absolute Gasteiger partial charge is 0.332 e. The number of aliphatic hydroxyl groups is 1. The maximum absolute atomic E-state index is 11.8. The fourth-order valence-corrected chi connectivity index (χ4v) is 1.80. The van der Waals surface area contributed by atoms with Crippen LogP contribution in [0.5, 0.6) is 0 Å². The second-order valence-corrected chi connectivity index (χ2v) is 3.96. The number of hydrogen-bond acceptors (Lipinski definition) is 6. The van der Waals surface area contributed by atoms with Gasteiger partial charge in [-0.3, -0.25) is 4.79 Å². The maximum Gasteiger partial charge on any atom is 0.332 e. The van der Waals surface area contributed by atoms with Crippen LogP contribution in [0.15, 0.2) is 0 Å². The lowest BCUT2D eigenvalue weighted by Crippen LogP contribution is -2.52. The molecule has 1 aliphatic heterocycles. The molecule has 1 fully saturated rings. The van der Waals surface area contributed by atoms with Crippen molar-refractivity contribution in [1.29, 1.82) is 0 Å². The van der Waals surface area contributed by atoms with E-state index in [2.05, 4.69) is 4.74 Å². The minimum Gasteiger partial charge on any atom is -0.480 e. The molecular weight excluding hydrogens is 244 g/mol. The third-order valence-corrected chi connectivity index (χ3v) is 2.65. The third kappa shape index (κ3) is 2.96. The number of nitrogens with zero attached hydrogens (tertiary/aromatic N) is 1. The van der Waals surface area contributed by atoms with Crippen LogP contribution in [0.3, 0.4) is 0 Å². The van der Waals surface area contributed by atoms with Crippen molar-refractivity contribution in [3.05, 3.63) is 0 Å². The van der Waals surface area contributed by atoms with E-state index in [4.69, 9.17) is 10.8 Å². The first-order valence-electron chi connectivity index (χ1n) is 5.52. The highest BCUT2D eigenvalue weighted by Crippen LogP contribution is 2.19. The summed E-state index contributed by atoms with van der Waals surface area (Å²) in [6.07, 6.45) is -0.999. The maximum atomic E-state index is 11.8. The molecule has 1 unspecified atom stereocenters. The predicted molar refractivity (Wildman–Crippen MR) is 58.4 cm³/mol. The number of rotatable bonds is 4. The van der Waals surface area contributed by atoms with Gasteiger partial charge < -0.3 is 25.6 Å². The van der Waals surface area contributed by atoms with E-state index in [1.165, 1.54) is 0 Å². The number of amides is 1. The van der Waals surface area contributed by atoms with E-state index >= 15 is 0 Å². The van der Waals surface area contributed by atoms with Crippen molar-refractivity contribution in [2.75, 3.05) is 13.2 Å². The van der Waals surface area contributed by atoms with E-state index < -0.39 is 36.0 Å². The largest absolute Gasteiger partial charge is 0.480 e. The van der Waals surface area contributed by atoms with Gasteiger partial charge in [0.05, 0.1) is 12.7 Å². The summed E-state index contributed by atoms with van der Waals surface area (Å²) >= 11 is 0. The van der Waals surface area contributed by atoms with E-state index in [-0.39, 0.29) is 19.6 Å². The minimum absolute atomic E-state index is 0.0728. The Hall–Kier alpha value is -1.67. The summed E-state index contributed by atoms with van der Waals surface area (Å²) in [6, 6.07) is -2.72. The Balaban J connectivity index is 2.76. The van der Waals surface area contributed by atoms with Crippen LogP contribution in [0.4, 0.5) is 0 Å². The van der Waals surface area contributed by atoms with Crippen molar-refractivity contribution >= 4 is 17.8 Å². The number of esters is 1. The fraction of sp³-hybridized carbons (Fsp3) is 0.700. The molecule has 1 rings (SSSR count). The van der Waals surface area contributed by atoms with Crippen LogP contribution < -0.4 is 5.73 Å². The van der Waals surface area contributed by atoms with E-state index in [1.807, 2.05) is 0 Å². The number of carboxylic acids is 1. The van der Waals surface area contributed by atoms with Gasteiger partial charge in [0.2, 0.25) is 0 Å². The van der Waals surface area contributed by atoms with Gasteiger partial charge >= 0.3 is 11.9 Å². The average molecular weight is 260 g/mol. The van der Waals surface area contributed by atoms with Crippen LogP contribution in [0.2, 0.25) is 0 Å². The molecule has 102 valence electrons. The van der Waals surface area contributed by atoms with Gasteiger partial charge in [0.15, 0.2) is 6.04 Å². The van der Waals surface area contributed by atoms with Crippen molar-refractivity contribution in [3.8, 4) is 0 Å². The molecule has 1 amide bonds. The van der Waals surface area contributed by atoms with Crippen LogP contribution in [-0.4, -0.2) is 64.3 Å². The summed E-state index contributed by atoms with van der Waals surface area (Å²) in [6.45, 7) is 1.49. The molecule has 0 aromatic carbocycles. The number of hydrogen-bond donors (Lipinski definition) is 3. The van der Waals surface area contributed by atoms with Crippen molar-refractivity contribution < 1.29 is 29.3 Å². The quantitative estimate of drug-likeness (QED) is 0.390. The van der Waals surface area contributed by atoms with Gasteiger partial charge in [0.1, 0.15) is 6.04 Å². The Morgan fingerprint density at radius 2 is 2.11 bits per heavy atom. The van der Waals surface area contributed by atoms with Crippen molar-refractivity contribution in [1.82, 2.24) is 4.90 Å². The molecule has 0 aromatic heterocycles. The summed E-state index contributed by atoms with van der Waals surface area (Å²) in [7, 11) is 0. The van der Waals surface area contributed by atoms with Gasteiger partial charge in [0, 0.05) is 13.0 Å². The Labute approximate surface area is 103 Å². The van der Waals surface area contributed by atoms with Gasteiger partial charge in [-0.1, -0.05) is 0 Å². The Bertz CT molecular complexity index is 358. The summed E-state index contributed by atoms with van der Waals surface area (Å²) in [4.78, 5) is 35.0. The first-order valence-corrected chi connectivity index (χ1v) is 5.52. The number of carboxylic acid groups (broad SMARTS) is 1. The highest BCUT2D eigenvalue weighted by atomic mass is 16.5. The number of carbonyl (C=O) groups excluding carboxylic acids is 2. The monoisotopic (exact) mass is 260 g/mol. The molecule has 4 N–H and O–H groups in total. The van der Waals surface area contributed by atoms with Crippen LogP contribution in [0, 0.1) is 0 Å². The predicted octanol–water partition coefficient (Wildman–Crippen LogP) is -2.08. The van der Waals surface area contributed by atoms with Gasteiger partial charge in [0.25, 0.3) is 5.91 Å². The average Bonchev–Trinajstić information content (AvgIpc) is 2.69. The molecule has 0 radical (unpaired) electrons. The number of likely N-dealkylation sites (tertiary alicyclic amines) is 1. The Morgan fingerprint density at radius 1 is 1.50 bits per heavy atom. The summed E-state index contributed by atoms with van der Waals surface area (Å²) in [5.74, 6) is -3.00. The molecule has 8 heteroatoms. The first-order chi connectivity index (χ1) is 8.38. The number of nitrogens with two attached hydrogens (primary N) is 1. The number of β-amino-alcohol motifs (C(OH)–C–C–N with tert-alkyl or cyclic N) is 1. The second kappa shape index (κ2) is 5.78. The first kappa shape index (κ1) is 14.4. The van der Waals surface area contributed by atoms with Crippen LogP contribution >= 0.6 is 0 Å². The SMILES string of the molecule is CCOC(=O)C(N)C(=O)N1C[C@@H](O)C[C@H]1C(=O)O. The summed E-state index contributed by atoms with van der Waals surface area (Å²) in [5.41, 5.74) is 5.39. The third-order valence-electron chi connectivity index (χ3n) is 2.65. The zero-order valence-corrected chi connectivity index (χ0v) is 9.91. The molecule has 0 aromatic rings. The second-order valence-electron chi connectivity index (χ2n) is 3.96. The number of aliphatic carboxylic acids is 1. The van der Waals surface area contributed by atoms with Crippen LogP contribution in [-0.2, 0) is 19.1 Å². The highest BCUT2D eigenvalue weighted by molar-refractivity contribution is 6.03. The van der Waals surface area contributed by atoms with Crippen molar-refractivity contribution in [3.63, 3.8) is 0 Å². The molecule has 18 heavy (non-hydrogen) atoms. The summed E-state index contributed by atoms with van der Waals surface area (Å²) < 4.78 is 4.59.